The van der Waals surface area contributed by atoms with Gasteiger partial charge in [0.15, 0.2) is 0 Å². The van der Waals surface area contributed by atoms with Gasteiger partial charge in [-0.2, -0.15) is 0 Å². The maximum atomic E-state index is 10.8. The van der Waals surface area contributed by atoms with E-state index >= 15 is 0 Å². The first kappa shape index (κ1) is 10.9. The fraction of sp³-hybridized carbons (Fsp3) is 0.222. The molecule has 1 aromatic carbocycles. The van der Waals surface area contributed by atoms with Crippen LogP contribution in [0, 0.1) is 0 Å². The normalized spacial score (nSPS) is 12.1. The van der Waals surface area contributed by atoms with E-state index in [1.807, 2.05) is 18.2 Å². The average molecular weight is 262 g/mol. The van der Waals surface area contributed by atoms with Crippen molar-refractivity contribution in [3.8, 4) is 0 Å². The summed E-state index contributed by atoms with van der Waals surface area (Å²) in [6.45, 7) is 0. The van der Waals surface area contributed by atoms with Crippen LogP contribution >= 0.6 is 22.0 Å². The van der Waals surface area contributed by atoms with Gasteiger partial charge < -0.3 is 0 Å². The van der Waals surface area contributed by atoms with Crippen LogP contribution in [-0.2, 0) is 15.5 Å². The van der Waals surface area contributed by atoms with Gasteiger partial charge in [0.25, 0.3) is 0 Å². The number of benzene rings is 1. The summed E-state index contributed by atoms with van der Waals surface area (Å²) in [5.41, 5.74) is 3.65. The summed E-state index contributed by atoms with van der Waals surface area (Å²) in [4.78, 5) is 4.16. The van der Waals surface area contributed by atoms with Crippen molar-refractivity contribution in [1.29, 1.82) is 0 Å². The highest BCUT2D eigenvalue weighted by Crippen LogP contribution is 2.23. The van der Waals surface area contributed by atoms with E-state index in [2.05, 4.69) is 4.98 Å². The van der Waals surface area contributed by atoms with Crippen LogP contribution in [0.5, 0.6) is 0 Å². The Bertz CT molecular complexity index is 577. The molecule has 0 unspecified atom stereocenters. The van der Waals surface area contributed by atoms with Gasteiger partial charge in [-0.3, -0.25) is 0 Å². The lowest BCUT2D eigenvalue weighted by Gasteiger charge is -1.99. The first-order chi connectivity index (χ1) is 7.06. The van der Waals surface area contributed by atoms with Gasteiger partial charge in [0.05, 0.1) is 21.5 Å². The molecule has 2 aromatic rings. The summed E-state index contributed by atoms with van der Waals surface area (Å²) in [5, 5.41) is 0. The van der Waals surface area contributed by atoms with Crippen LogP contribution in [0.25, 0.3) is 10.2 Å². The number of thiazole rings is 1. The molecule has 0 fully saturated rings. The minimum atomic E-state index is -3.42. The molecule has 6 heteroatoms. The maximum Gasteiger partial charge on any atom is 0.232 e. The molecule has 0 N–H and O–H groups in total. The molecule has 0 bridgehead atoms. The van der Waals surface area contributed by atoms with Gasteiger partial charge in [-0.15, -0.1) is 11.3 Å². The van der Waals surface area contributed by atoms with Gasteiger partial charge >= 0.3 is 0 Å². The first-order valence-corrected chi connectivity index (χ1v) is 7.65. The summed E-state index contributed by atoms with van der Waals surface area (Å²) >= 11 is 1.52. The van der Waals surface area contributed by atoms with E-state index in [-0.39, 0.29) is 5.75 Å². The standard InChI is InChI=1S/C9H8ClNO2S2/c10-15(12,13)5-4-7-2-1-3-8-9(7)14-6-11-8/h1-3,6H,4-5H2. The smallest absolute Gasteiger partial charge is 0.232 e. The third kappa shape index (κ3) is 2.68. The Hall–Kier alpha value is -0.650. The molecule has 0 aliphatic heterocycles. The van der Waals surface area contributed by atoms with Crippen molar-refractivity contribution in [2.75, 3.05) is 5.75 Å². The van der Waals surface area contributed by atoms with Crippen molar-refractivity contribution >= 4 is 41.3 Å². The monoisotopic (exact) mass is 261 g/mol. The average Bonchev–Trinajstić information content (AvgIpc) is 2.61. The first-order valence-electron chi connectivity index (χ1n) is 4.30. The van der Waals surface area contributed by atoms with Gasteiger partial charge in [-0.25, -0.2) is 13.4 Å². The largest absolute Gasteiger partial charge is 0.245 e. The molecule has 0 saturated carbocycles. The molecule has 1 heterocycles. The SMILES string of the molecule is O=S(=O)(Cl)CCc1cccc2ncsc12. The Kier molecular flexibility index (Phi) is 2.95. The molecular weight excluding hydrogens is 254 g/mol. The summed E-state index contributed by atoms with van der Waals surface area (Å²) in [5.74, 6) is -0.0361. The van der Waals surface area contributed by atoms with Crippen molar-refractivity contribution in [3.63, 3.8) is 0 Å². The van der Waals surface area contributed by atoms with Crippen molar-refractivity contribution in [3.05, 3.63) is 29.3 Å². The predicted molar refractivity (Wildman–Crippen MR) is 63.0 cm³/mol. The quantitative estimate of drug-likeness (QED) is 0.797. The third-order valence-electron chi connectivity index (χ3n) is 2.05. The van der Waals surface area contributed by atoms with E-state index in [9.17, 15) is 8.42 Å². The van der Waals surface area contributed by atoms with Crippen LogP contribution in [-0.4, -0.2) is 19.2 Å². The lowest BCUT2D eigenvalue weighted by molar-refractivity contribution is 0.609. The Labute approximate surface area is 96.1 Å². The summed E-state index contributed by atoms with van der Waals surface area (Å²) in [6.07, 6.45) is 0.436. The molecule has 0 radical (unpaired) electrons. The summed E-state index contributed by atoms with van der Waals surface area (Å²) < 4.78 is 22.7. The van der Waals surface area contributed by atoms with Gasteiger partial charge in [0.1, 0.15) is 0 Å². The zero-order valence-corrected chi connectivity index (χ0v) is 10.1. The molecule has 0 saturated heterocycles. The topological polar surface area (TPSA) is 47.0 Å². The fourth-order valence-corrected chi connectivity index (χ4v) is 2.90. The second-order valence-corrected chi connectivity index (χ2v) is 6.86. The van der Waals surface area contributed by atoms with Gasteiger partial charge in [0.2, 0.25) is 9.05 Å². The molecule has 15 heavy (non-hydrogen) atoms. The van der Waals surface area contributed by atoms with E-state index in [4.69, 9.17) is 10.7 Å². The predicted octanol–water partition coefficient (Wildman–Crippen LogP) is 2.41. The van der Waals surface area contributed by atoms with E-state index < -0.39 is 9.05 Å². The molecule has 80 valence electrons. The Balaban J connectivity index is 2.32. The van der Waals surface area contributed by atoms with E-state index in [1.165, 1.54) is 11.3 Å². The Morgan fingerprint density at radius 2 is 2.20 bits per heavy atom. The maximum absolute atomic E-state index is 10.8. The number of rotatable bonds is 3. The van der Waals surface area contributed by atoms with Crippen LogP contribution in [0.1, 0.15) is 5.56 Å². The highest BCUT2D eigenvalue weighted by Gasteiger charge is 2.08. The Morgan fingerprint density at radius 1 is 1.40 bits per heavy atom. The minimum absolute atomic E-state index is 0.0361. The van der Waals surface area contributed by atoms with Crippen LogP contribution in [0.2, 0.25) is 0 Å². The van der Waals surface area contributed by atoms with Crippen LogP contribution in [0.4, 0.5) is 0 Å². The number of fused-ring (bicyclic) bond motifs is 1. The number of aromatic nitrogens is 1. The van der Waals surface area contributed by atoms with Crippen LogP contribution in [0.3, 0.4) is 0 Å². The highest BCUT2D eigenvalue weighted by molar-refractivity contribution is 8.13. The molecule has 0 aliphatic rings. The van der Waals surface area contributed by atoms with E-state index in [0.717, 1.165) is 15.8 Å². The zero-order chi connectivity index (χ0) is 10.9. The summed E-state index contributed by atoms with van der Waals surface area (Å²) in [6, 6.07) is 5.69. The molecule has 2 rings (SSSR count). The van der Waals surface area contributed by atoms with Gasteiger partial charge in [-0.05, 0) is 18.1 Å². The highest BCUT2D eigenvalue weighted by atomic mass is 35.7. The van der Waals surface area contributed by atoms with Gasteiger partial charge in [0, 0.05) is 10.7 Å². The minimum Gasteiger partial charge on any atom is -0.245 e. The van der Waals surface area contributed by atoms with E-state index in [0.29, 0.717) is 6.42 Å². The number of nitrogens with zero attached hydrogens (tertiary/aromatic N) is 1. The lowest BCUT2D eigenvalue weighted by Crippen LogP contribution is -2.00. The number of aryl methyl sites for hydroxylation is 1. The third-order valence-corrected chi connectivity index (χ3v) is 4.13. The molecule has 0 spiro atoms. The molecule has 0 atom stereocenters. The molecule has 0 aliphatic carbocycles. The fourth-order valence-electron chi connectivity index (χ4n) is 1.37. The van der Waals surface area contributed by atoms with Crippen molar-refractivity contribution in [1.82, 2.24) is 4.98 Å². The molecule has 1 aromatic heterocycles. The molecule has 0 amide bonds. The lowest BCUT2D eigenvalue weighted by atomic mass is 10.1. The summed E-state index contributed by atoms with van der Waals surface area (Å²) in [7, 11) is 1.75. The van der Waals surface area contributed by atoms with Crippen LogP contribution < -0.4 is 0 Å². The molecule has 3 nitrogen and oxygen atoms in total. The van der Waals surface area contributed by atoms with Crippen molar-refractivity contribution in [2.24, 2.45) is 0 Å². The zero-order valence-electron chi connectivity index (χ0n) is 7.68. The van der Waals surface area contributed by atoms with Crippen LogP contribution in [0.15, 0.2) is 23.7 Å². The van der Waals surface area contributed by atoms with Crippen molar-refractivity contribution in [2.45, 2.75) is 6.42 Å². The number of hydrogen-bond acceptors (Lipinski definition) is 4. The molecular formula is C9H8ClNO2S2. The Morgan fingerprint density at radius 3 is 2.93 bits per heavy atom. The second kappa shape index (κ2) is 4.08. The second-order valence-electron chi connectivity index (χ2n) is 3.11. The number of hydrogen-bond donors (Lipinski definition) is 0. The van der Waals surface area contributed by atoms with Gasteiger partial charge in [-0.1, -0.05) is 12.1 Å². The van der Waals surface area contributed by atoms with E-state index in [1.54, 1.807) is 5.51 Å². The van der Waals surface area contributed by atoms with Crippen molar-refractivity contribution < 1.29 is 8.42 Å². The number of halogens is 1.